The summed E-state index contributed by atoms with van der Waals surface area (Å²) < 4.78 is 21.3. The second-order valence-electron chi connectivity index (χ2n) is 6.66. The molecule has 1 aliphatic heterocycles. The molecule has 0 saturated carbocycles. The van der Waals surface area contributed by atoms with Crippen LogP contribution in [-0.2, 0) is 24.4 Å². The van der Waals surface area contributed by atoms with Crippen molar-refractivity contribution >= 4 is 0 Å². The van der Waals surface area contributed by atoms with E-state index in [0.717, 1.165) is 43.8 Å². The zero-order valence-corrected chi connectivity index (χ0v) is 14.8. The molecule has 0 spiro atoms. The van der Waals surface area contributed by atoms with Crippen molar-refractivity contribution in [2.75, 3.05) is 13.2 Å². The Hall–Kier alpha value is -1.98. The first kappa shape index (κ1) is 17.8. The molecule has 1 fully saturated rings. The fourth-order valence-corrected chi connectivity index (χ4v) is 3.34. The lowest BCUT2D eigenvalue weighted by molar-refractivity contribution is 0.0678. The fourth-order valence-electron chi connectivity index (χ4n) is 3.34. The number of halogens is 1. The summed E-state index contributed by atoms with van der Waals surface area (Å²) in [4.78, 5) is 2.33. The standard InChI is InChI=1S/C20H26FN3O/c1-3-9-24-16(2)18(12-22-24)14-23(15-20-8-5-10-25-20)13-17-6-4-7-19(21)11-17/h3-4,6-7,11-12,20H,1,5,8-10,13-15H2,2H3/t20-/m1/s1. The topological polar surface area (TPSA) is 30.3 Å². The molecule has 0 bridgehead atoms. The predicted molar refractivity (Wildman–Crippen MR) is 96.6 cm³/mol. The normalized spacial score (nSPS) is 17.3. The van der Waals surface area contributed by atoms with E-state index in [1.807, 2.05) is 23.0 Å². The van der Waals surface area contributed by atoms with Crippen LogP contribution in [0, 0.1) is 12.7 Å². The van der Waals surface area contributed by atoms with Crippen molar-refractivity contribution < 1.29 is 9.13 Å². The molecular weight excluding hydrogens is 317 g/mol. The van der Waals surface area contributed by atoms with Crippen molar-refractivity contribution in [3.05, 3.63) is 65.8 Å². The highest BCUT2D eigenvalue weighted by Crippen LogP contribution is 2.19. The molecule has 0 unspecified atom stereocenters. The molecule has 0 N–H and O–H groups in total. The first-order valence-electron chi connectivity index (χ1n) is 8.86. The van der Waals surface area contributed by atoms with Gasteiger partial charge in [-0.15, -0.1) is 6.58 Å². The van der Waals surface area contributed by atoms with Crippen molar-refractivity contribution in [1.29, 1.82) is 0 Å². The highest BCUT2D eigenvalue weighted by atomic mass is 19.1. The van der Waals surface area contributed by atoms with Crippen LogP contribution in [0.1, 0.15) is 29.7 Å². The Labute approximate surface area is 148 Å². The van der Waals surface area contributed by atoms with Crippen LogP contribution in [0.2, 0.25) is 0 Å². The number of hydrogen-bond donors (Lipinski definition) is 0. The predicted octanol–water partition coefficient (Wildman–Crippen LogP) is 3.70. The number of allylic oxidation sites excluding steroid dienone is 1. The van der Waals surface area contributed by atoms with Gasteiger partial charge in [0.15, 0.2) is 0 Å². The molecular formula is C20H26FN3O. The highest BCUT2D eigenvalue weighted by molar-refractivity contribution is 5.19. The number of benzene rings is 1. The molecule has 0 amide bonds. The Balaban J connectivity index is 1.74. The number of nitrogens with zero attached hydrogens (tertiary/aromatic N) is 3. The molecule has 0 radical (unpaired) electrons. The molecule has 4 nitrogen and oxygen atoms in total. The van der Waals surface area contributed by atoms with Gasteiger partial charge in [0.05, 0.1) is 18.8 Å². The smallest absolute Gasteiger partial charge is 0.123 e. The summed E-state index contributed by atoms with van der Waals surface area (Å²) in [5, 5.41) is 4.44. The van der Waals surface area contributed by atoms with Gasteiger partial charge in [-0.1, -0.05) is 18.2 Å². The maximum Gasteiger partial charge on any atom is 0.123 e. The van der Waals surface area contributed by atoms with E-state index < -0.39 is 0 Å². The van der Waals surface area contributed by atoms with E-state index in [1.54, 1.807) is 12.1 Å². The molecule has 1 aliphatic rings. The lowest BCUT2D eigenvalue weighted by atomic mass is 10.1. The maximum atomic E-state index is 13.5. The number of ether oxygens (including phenoxy) is 1. The van der Waals surface area contributed by atoms with E-state index >= 15 is 0 Å². The van der Waals surface area contributed by atoms with Crippen molar-refractivity contribution in [2.24, 2.45) is 0 Å². The van der Waals surface area contributed by atoms with Crippen molar-refractivity contribution in [2.45, 2.75) is 45.5 Å². The molecule has 134 valence electrons. The van der Waals surface area contributed by atoms with E-state index in [2.05, 4.69) is 23.5 Å². The fraction of sp³-hybridized carbons (Fsp3) is 0.450. The van der Waals surface area contributed by atoms with Crippen LogP contribution in [0.3, 0.4) is 0 Å². The van der Waals surface area contributed by atoms with Crippen molar-refractivity contribution in [3.8, 4) is 0 Å². The Morgan fingerprint density at radius 2 is 2.32 bits per heavy atom. The van der Waals surface area contributed by atoms with Crippen LogP contribution in [0.25, 0.3) is 0 Å². The number of rotatable bonds is 8. The Morgan fingerprint density at radius 1 is 1.44 bits per heavy atom. The zero-order valence-electron chi connectivity index (χ0n) is 14.8. The molecule has 5 heteroatoms. The first-order valence-corrected chi connectivity index (χ1v) is 8.86. The van der Waals surface area contributed by atoms with Gasteiger partial charge < -0.3 is 4.74 Å². The zero-order chi connectivity index (χ0) is 17.6. The highest BCUT2D eigenvalue weighted by Gasteiger charge is 2.21. The third-order valence-electron chi connectivity index (χ3n) is 4.68. The minimum absolute atomic E-state index is 0.190. The van der Waals surface area contributed by atoms with Gasteiger partial charge in [-0.2, -0.15) is 5.10 Å². The van der Waals surface area contributed by atoms with Crippen LogP contribution in [0.5, 0.6) is 0 Å². The summed E-state index contributed by atoms with van der Waals surface area (Å²) in [6, 6.07) is 6.83. The van der Waals surface area contributed by atoms with Gasteiger partial charge in [0.25, 0.3) is 0 Å². The van der Waals surface area contributed by atoms with Crippen LogP contribution in [-0.4, -0.2) is 33.9 Å². The Kier molecular flexibility index (Phi) is 6.00. The van der Waals surface area contributed by atoms with Gasteiger partial charge in [0.2, 0.25) is 0 Å². The second kappa shape index (κ2) is 8.41. The SMILES string of the molecule is C=CCn1ncc(CN(Cc2cccc(F)c2)C[C@H]2CCCO2)c1C. The van der Waals surface area contributed by atoms with Gasteiger partial charge in [0, 0.05) is 37.5 Å². The summed E-state index contributed by atoms with van der Waals surface area (Å²) in [6.45, 7) is 9.74. The average molecular weight is 343 g/mol. The number of hydrogen-bond acceptors (Lipinski definition) is 3. The van der Waals surface area contributed by atoms with Crippen molar-refractivity contribution in [3.63, 3.8) is 0 Å². The van der Waals surface area contributed by atoms with Crippen LogP contribution in [0.15, 0.2) is 43.1 Å². The monoisotopic (exact) mass is 343 g/mol. The quantitative estimate of drug-likeness (QED) is 0.685. The number of aromatic nitrogens is 2. The first-order chi connectivity index (χ1) is 12.2. The largest absolute Gasteiger partial charge is 0.377 e. The van der Waals surface area contributed by atoms with Crippen LogP contribution in [0.4, 0.5) is 4.39 Å². The minimum Gasteiger partial charge on any atom is -0.377 e. The van der Waals surface area contributed by atoms with Gasteiger partial charge in [0.1, 0.15) is 5.82 Å². The van der Waals surface area contributed by atoms with E-state index in [0.29, 0.717) is 13.1 Å². The molecule has 1 aromatic heterocycles. The van der Waals surface area contributed by atoms with Gasteiger partial charge in [-0.05, 0) is 37.5 Å². The lowest BCUT2D eigenvalue weighted by Gasteiger charge is -2.25. The van der Waals surface area contributed by atoms with Crippen LogP contribution < -0.4 is 0 Å². The molecule has 2 aromatic rings. The van der Waals surface area contributed by atoms with Crippen molar-refractivity contribution in [1.82, 2.24) is 14.7 Å². The molecule has 25 heavy (non-hydrogen) atoms. The summed E-state index contributed by atoms with van der Waals surface area (Å²) in [5.74, 6) is -0.190. The second-order valence-corrected chi connectivity index (χ2v) is 6.66. The summed E-state index contributed by atoms with van der Waals surface area (Å²) in [7, 11) is 0. The third kappa shape index (κ3) is 4.77. The van der Waals surface area contributed by atoms with Gasteiger partial charge in [-0.3, -0.25) is 9.58 Å². The van der Waals surface area contributed by atoms with E-state index in [4.69, 9.17) is 4.74 Å². The molecule has 1 aromatic carbocycles. The van der Waals surface area contributed by atoms with E-state index in [9.17, 15) is 4.39 Å². The molecule has 2 heterocycles. The molecule has 0 aliphatic carbocycles. The Morgan fingerprint density at radius 3 is 3.04 bits per heavy atom. The molecule has 1 atom stereocenters. The summed E-state index contributed by atoms with van der Waals surface area (Å²) >= 11 is 0. The molecule has 3 rings (SSSR count). The molecule has 1 saturated heterocycles. The maximum absolute atomic E-state index is 13.5. The Bertz CT molecular complexity index is 707. The van der Waals surface area contributed by atoms with Crippen LogP contribution >= 0.6 is 0 Å². The van der Waals surface area contributed by atoms with E-state index in [-0.39, 0.29) is 11.9 Å². The summed E-state index contributed by atoms with van der Waals surface area (Å²) in [5.41, 5.74) is 3.32. The van der Waals surface area contributed by atoms with Gasteiger partial charge in [-0.25, -0.2) is 4.39 Å². The van der Waals surface area contributed by atoms with Gasteiger partial charge >= 0.3 is 0 Å². The minimum atomic E-state index is -0.190. The lowest BCUT2D eigenvalue weighted by Crippen LogP contribution is -2.31. The average Bonchev–Trinajstić information content (AvgIpc) is 3.20. The third-order valence-corrected chi connectivity index (χ3v) is 4.68. The van der Waals surface area contributed by atoms with E-state index in [1.165, 1.54) is 11.6 Å². The summed E-state index contributed by atoms with van der Waals surface area (Å²) in [6.07, 6.45) is 6.24.